The van der Waals surface area contributed by atoms with E-state index >= 15 is 0 Å². The van der Waals surface area contributed by atoms with Crippen LogP contribution in [0, 0.1) is 0 Å². The Morgan fingerprint density at radius 3 is 3.12 bits per heavy atom. The quantitative estimate of drug-likeness (QED) is 0.566. The molecular formula is C19H18N6O. The summed E-state index contributed by atoms with van der Waals surface area (Å²) in [5, 5.41) is 6.49. The maximum Gasteiger partial charge on any atom is 0.254 e. The highest BCUT2D eigenvalue weighted by Crippen LogP contribution is 2.28. The van der Waals surface area contributed by atoms with E-state index in [9.17, 15) is 0 Å². The summed E-state index contributed by atoms with van der Waals surface area (Å²) in [6.45, 7) is 1.60. The predicted molar refractivity (Wildman–Crippen MR) is 98.4 cm³/mol. The van der Waals surface area contributed by atoms with Crippen LogP contribution in [0.1, 0.15) is 12.8 Å². The lowest BCUT2D eigenvalue weighted by atomic mass is 10.1. The monoisotopic (exact) mass is 346 g/mol. The first kappa shape index (κ1) is 15.1. The maximum atomic E-state index is 6.22. The summed E-state index contributed by atoms with van der Waals surface area (Å²) in [7, 11) is 0. The zero-order valence-electron chi connectivity index (χ0n) is 14.2. The number of benzene rings is 1. The lowest BCUT2D eigenvalue weighted by molar-refractivity contribution is 0.291. The molecule has 4 heterocycles. The molecule has 0 aliphatic carbocycles. The molecule has 0 saturated carbocycles. The van der Waals surface area contributed by atoms with Gasteiger partial charge in [0.15, 0.2) is 0 Å². The fourth-order valence-electron chi connectivity index (χ4n) is 3.66. The Kier molecular flexibility index (Phi) is 3.62. The highest BCUT2D eigenvalue weighted by atomic mass is 16.5. The molecule has 7 heteroatoms. The third kappa shape index (κ3) is 2.52. The van der Waals surface area contributed by atoms with Crippen LogP contribution >= 0.6 is 0 Å². The van der Waals surface area contributed by atoms with Crippen molar-refractivity contribution in [3.8, 4) is 5.75 Å². The molecule has 0 N–H and O–H groups in total. The summed E-state index contributed by atoms with van der Waals surface area (Å²) in [5.41, 5.74) is 0. The molecule has 1 aliphatic heterocycles. The summed E-state index contributed by atoms with van der Waals surface area (Å²) in [5.74, 6) is 2.54. The lowest BCUT2D eigenvalue weighted by Crippen LogP contribution is -2.35. The van der Waals surface area contributed by atoms with Gasteiger partial charge in [0.1, 0.15) is 24.5 Å². The van der Waals surface area contributed by atoms with Crippen molar-refractivity contribution in [3.63, 3.8) is 0 Å². The van der Waals surface area contributed by atoms with Gasteiger partial charge in [0.2, 0.25) is 0 Å². The zero-order valence-corrected chi connectivity index (χ0v) is 14.2. The first-order valence-corrected chi connectivity index (χ1v) is 8.77. The van der Waals surface area contributed by atoms with Crippen LogP contribution in [0.15, 0.2) is 55.2 Å². The molecule has 1 fully saturated rings. The molecule has 0 radical (unpaired) electrons. The summed E-state index contributed by atoms with van der Waals surface area (Å²) < 4.78 is 8.01. The van der Waals surface area contributed by atoms with Gasteiger partial charge in [-0.25, -0.2) is 4.98 Å². The molecule has 3 aromatic heterocycles. The second-order valence-corrected chi connectivity index (χ2v) is 6.43. The van der Waals surface area contributed by atoms with E-state index in [0.717, 1.165) is 41.7 Å². The maximum absolute atomic E-state index is 6.22. The van der Waals surface area contributed by atoms with E-state index < -0.39 is 0 Å². The first-order chi connectivity index (χ1) is 12.9. The van der Waals surface area contributed by atoms with Crippen LogP contribution in [0.3, 0.4) is 0 Å². The minimum Gasteiger partial charge on any atom is -0.491 e. The van der Waals surface area contributed by atoms with E-state index in [2.05, 4.69) is 31.0 Å². The molecule has 26 heavy (non-hydrogen) atoms. The number of fused-ring (bicyclic) bond motifs is 2. The summed E-state index contributed by atoms with van der Waals surface area (Å²) in [4.78, 5) is 15.0. The van der Waals surface area contributed by atoms with Gasteiger partial charge in [0, 0.05) is 35.9 Å². The van der Waals surface area contributed by atoms with Gasteiger partial charge in [-0.2, -0.15) is 14.6 Å². The van der Waals surface area contributed by atoms with Crippen LogP contribution < -0.4 is 9.64 Å². The molecule has 0 bridgehead atoms. The van der Waals surface area contributed by atoms with Gasteiger partial charge in [-0.3, -0.25) is 4.98 Å². The topological polar surface area (TPSA) is 68.4 Å². The van der Waals surface area contributed by atoms with Crippen molar-refractivity contribution in [2.75, 3.05) is 18.1 Å². The fraction of sp³-hybridized carbons (Fsp3) is 0.263. The van der Waals surface area contributed by atoms with Gasteiger partial charge in [0.25, 0.3) is 5.78 Å². The van der Waals surface area contributed by atoms with E-state index in [0.29, 0.717) is 18.4 Å². The van der Waals surface area contributed by atoms with Crippen molar-refractivity contribution in [3.05, 3.63) is 55.2 Å². The minimum atomic E-state index is 0.293. The Bertz CT molecular complexity index is 1060. The van der Waals surface area contributed by atoms with Crippen LogP contribution in [-0.2, 0) is 0 Å². The Hall–Kier alpha value is -3.22. The van der Waals surface area contributed by atoms with E-state index in [-0.39, 0.29) is 0 Å². The molecule has 4 aromatic rings. The predicted octanol–water partition coefficient (Wildman–Crippen LogP) is 2.72. The second-order valence-electron chi connectivity index (χ2n) is 6.43. The molecule has 0 unspecified atom stereocenters. The largest absolute Gasteiger partial charge is 0.491 e. The van der Waals surface area contributed by atoms with E-state index in [1.807, 2.05) is 30.5 Å². The zero-order chi connectivity index (χ0) is 17.3. The second kappa shape index (κ2) is 6.25. The highest BCUT2D eigenvalue weighted by Gasteiger charge is 2.27. The van der Waals surface area contributed by atoms with Crippen LogP contribution in [0.5, 0.6) is 5.75 Å². The van der Waals surface area contributed by atoms with E-state index in [1.165, 1.54) is 6.33 Å². The van der Waals surface area contributed by atoms with Crippen LogP contribution in [0.25, 0.3) is 16.6 Å². The third-order valence-corrected chi connectivity index (χ3v) is 4.90. The molecule has 5 rings (SSSR count). The Labute approximate surface area is 150 Å². The average Bonchev–Trinajstić information content (AvgIpc) is 3.35. The normalized spacial score (nSPS) is 17.2. The molecular weight excluding hydrogens is 328 g/mol. The van der Waals surface area contributed by atoms with Crippen molar-refractivity contribution in [1.29, 1.82) is 0 Å². The van der Waals surface area contributed by atoms with Gasteiger partial charge >= 0.3 is 0 Å². The SMILES string of the molecule is c1cc(OC[C@H]2CCCN2c2ccnc3ncnn23)c2ccncc2c1. The van der Waals surface area contributed by atoms with Gasteiger partial charge in [-0.15, -0.1) is 0 Å². The van der Waals surface area contributed by atoms with E-state index in [4.69, 9.17) is 4.74 Å². The molecule has 7 nitrogen and oxygen atoms in total. The Morgan fingerprint density at radius 2 is 2.12 bits per heavy atom. The van der Waals surface area contributed by atoms with Crippen molar-refractivity contribution < 1.29 is 4.74 Å². The third-order valence-electron chi connectivity index (χ3n) is 4.90. The van der Waals surface area contributed by atoms with Crippen molar-refractivity contribution in [1.82, 2.24) is 24.6 Å². The molecule has 0 spiro atoms. The molecule has 0 amide bonds. The average molecular weight is 346 g/mol. The van der Waals surface area contributed by atoms with Crippen molar-refractivity contribution in [2.45, 2.75) is 18.9 Å². The van der Waals surface area contributed by atoms with Gasteiger partial charge < -0.3 is 9.64 Å². The van der Waals surface area contributed by atoms with Crippen LogP contribution in [0.4, 0.5) is 5.82 Å². The van der Waals surface area contributed by atoms with Crippen LogP contribution in [-0.4, -0.2) is 43.8 Å². The molecule has 1 aliphatic rings. The summed E-state index contributed by atoms with van der Waals surface area (Å²) >= 11 is 0. The highest BCUT2D eigenvalue weighted by molar-refractivity contribution is 5.87. The molecule has 130 valence electrons. The number of aromatic nitrogens is 5. The molecule has 1 aromatic carbocycles. The van der Waals surface area contributed by atoms with E-state index in [1.54, 1.807) is 16.9 Å². The van der Waals surface area contributed by atoms with Gasteiger partial charge in [-0.1, -0.05) is 12.1 Å². The first-order valence-electron chi connectivity index (χ1n) is 8.77. The number of nitrogens with zero attached hydrogens (tertiary/aromatic N) is 6. The lowest BCUT2D eigenvalue weighted by Gasteiger charge is -2.26. The number of anilines is 1. The number of rotatable bonds is 4. The molecule has 1 atom stereocenters. The van der Waals surface area contributed by atoms with Gasteiger partial charge in [0.05, 0.1) is 6.04 Å². The minimum absolute atomic E-state index is 0.293. The van der Waals surface area contributed by atoms with Gasteiger partial charge in [-0.05, 0) is 31.0 Å². The summed E-state index contributed by atoms with van der Waals surface area (Å²) in [6, 6.07) is 10.4. The number of pyridine rings is 1. The Morgan fingerprint density at radius 1 is 1.12 bits per heavy atom. The molecule has 1 saturated heterocycles. The van der Waals surface area contributed by atoms with Crippen LogP contribution in [0.2, 0.25) is 0 Å². The standard InChI is InChI=1S/C19H18N6O/c1-3-14-11-20-8-6-16(14)17(5-1)26-12-15-4-2-10-24(15)18-7-9-21-19-22-13-23-25(18)19/h1,3,5-9,11,13,15H,2,4,10,12H2/t15-/m1/s1. The van der Waals surface area contributed by atoms with Crippen molar-refractivity contribution in [2.24, 2.45) is 0 Å². The number of ether oxygens (including phenoxy) is 1. The Balaban J connectivity index is 1.40. The smallest absolute Gasteiger partial charge is 0.254 e. The number of hydrogen-bond acceptors (Lipinski definition) is 6. The fourth-order valence-corrected chi connectivity index (χ4v) is 3.66. The summed E-state index contributed by atoms with van der Waals surface area (Å²) in [6.07, 6.45) is 9.21. The van der Waals surface area contributed by atoms with Crippen molar-refractivity contribution >= 4 is 22.4 Å². The number of hydrogen-bond donors (Lipinski definition) is 0.